The van der Waals surface area contributed by atoms with Gasteiger partial charge < -0.3 is 9.80 Å². The van der Waals surface area contributed by atoms with Crippen LogP contribution in [0, 0.1) is 0 Å². The van der Waals surface area contributed by atoms with Crippen LogP contribution in [0.3, 0.4) is 0 Å². The lowest BCUT2D eigenvalue weighted by Gasteiger charge is -2.18. The van der Waals surface area contributed by atoms with Gasteiger partial charge in [0.1, 0.15) is 0 Å². The van der Waals surface area contributed by atoms with Crippen LogP contribution in [-0.4, -0.2) is 49.1 Å². The fraction of sp³-hybridized carbons (Fsp3) is 1.00. The van der Waals surface area contributed by atoms with Crippen LogP contribution in [0.15, 0.2) is 0 Å². The Balaban J connectivity index is 2.27. The highest BCUT2D eigenvalue weighted by molar-refractivity contribution is 4.67. The van der Waals surface area contributed by atoms with E-state index in [4.69, 9.17) is 0 Å². The van der Waals surface area contributed by atoms with Gasteiger partial charge in [0.2, 0.25) is 0 Å². The fourth-order valence-electron chi connectivity index (χ4n) is 1.66. The van der Waals surface area contributed by atoms with E-state index in [-0.39, 0.29) is 0 Å². The lowest BCUT2D eigenvalue weighted by atomic mass is 10.4. The van der Waals surface area contributed by atoms with Crippen LogP contribution in [0.2, 0.25) is 0 Å². The SMILES string of the molecule is CCN1CCCN(CC)CC1. The lowest BCUT2D eigenvalue weighted by Crippen LogP contribution is -2.30. The molecule has 66 valence electrons. The van der Waals surface area contributed by atoms with Crippen LogP contribution in [0.1, 0.15) is 20.3 Å². The van der Waals surface area contributed by atoms with Crippen molar-refractivity contribution < 1.29 is 0 Å². The van der Waals surface area contributed by atoms with Gasteiger partial charge in [-0.2, -0.15) is 0 Å². The van der Waals surface area contributed by atoms with Gasteiger partial charge in [-0.15, -0.1) is 0 Å². The second-order valence-electron chi connectivity index (χ2n) is 3.22. The molecule has 0 bridgehead atoms. The van der Waals surface area contributed by atoms with Gasteiger partial charge in [-0.3, -0.25) is 0 Å². The second-order valence-corrected chi connectivity index (χ2v) is 3.22. The molecular formula is C9H20N2. The van der Waals surface area contributed by atoms with Crippen LogP contribution < -0.4 is 0 Å². The predicted molar refractivity (Wildman–Crippen MR) is 48.8 cm³/mol. The Labute approximate surface area is 70.2 Å². The van der Waals surface area contributed by atoms with E-state index in [0.29, 0.717) is 0 Å². The highest BCUT2D eigenvalue weighted by atomic mass is 15.2. The molecule has 0 N–H and O–H groups in total. The summed E-state index contributed by atoms with van der Waals surface area (Å²) >= 11 is 0. The minimum Gasteiger partial charge on any atom is -0.302 e. The van der Waals surface area contributed by atoms with Crippen molar-refractivity contribution in [3.63, 3.8) is 0 Å². The normalized spacial score (nSPS) is 23.5. The van der Waals surface area contributed by atoms with E-state index in [1.165, 1.54) is 45.7 Å². The van der Waals surface area contributed by atoms with Gasteiger partial charge in [0.15, 0.2) is 0 Å². The number of rotatable bonds is 2. The summed E-state index contributed by atoms with van der Waals surface area (Å²) in [6, 6.07) is 0. The van der Waals surface area contributed by atoms with Gasteiger partial charge in [-0.05, 0) is 32.6 Å². The molecular weight excluding hydrogens is 136 g/mol. The molecule has 2 nitrogen and oxygen atoms in total. The Morgan fingerprint density at radius 1 is 0.818 bits per heavy atom. The highest BCUT2D eigenvalue weighted by Gasteiger charge is 2.10. The number of likely N-dealkylation sites (N-methyl/N-ethyl adjacent to an activating group) is 2. The zero-order valence-corrected chi connectivity index (χ0v) is 7.84. The molecule has 11 heavy (non-hydrogen) atoms. The quantitative estimate of drug-likeness (QED) is 0.589. The zero-order chi connectivity index (χ0) is 8.10. The topological polar surface area (TPSA) is 6.48 Å². The summed E-state index contributed by atoms with van der Waals surface area (Å²) in [4.78, 5) is 5.07. The maximum atomic E-state index is 2.54. The maximum absolute atomic E-state index is 2.54. The maximum Gasteiger partial charge on any atom is 0.0109 e. The number of hydrogen-bond acceptors (Lipinski definition) is 2. The highest BCUT2D eigenvalue weighted by Crippen LogP contribution is 2.01. The summed E-state index contributed by atoms with van der Waals surface area (Å²) in [5.41, 5.74) is 0. The van der Waals surface area contributed by atoms with Crippen molar-refractivity contribution in [2.75, 3.05) is 39.3 Å². The van der Waals surface area contributed by atoms with Crippen molar-refractivity contribution in [3.8, 4) is 0 Å². The molecule has 0 aliphatic carbocycles. The second kappa shape index (κ2) is 4.73. The molecule has 1 heterocycles. The van der Waals surface area contributed by atoms with Crippen molar-refractivity contribution in [2.24, 2.45) is 0 Å². The third kappa shape index (κ3) is 2.80. The van der Waals surface area contributed by atoms with E-state index in [9.17, 15) is 0 Å². The van der Waals surface area contributed by atoms with Crippen LogP contribution in [0.25, 0.3) is 0 Å². The first-order valence-electron chi connectivity index (χ1n) is 4.81. The first-order valence-corrected chi connectivity index (χ1v) is 4.81. The van der Waals surface area contributed by atoms with Crippen LogP contribution >= 0.6 is 0 Å². The van der Waals surface area contributed by atoms with E-state index in [2.05, 4.69) is 23.6 Å². The minimum absolute atomic E-state index is 1.22. The molecule has 1 fully saturated rings. The van der Waals surface area contributed by atoms with Crippen molar-refractivity contribution in [3.05, 3.63) is 0 Å². The van der Waals surface area contributed by atoms with Gasteiger partial charge in [-0.25, -0.2) is 0 Å². The summed E-state index contributed by atoms with van der Waals surface area (Å²) in [5.74, 6) is 0. The Hall–Kier alpha value is -0.0800. The third-order valence-corrected chi connectivity index (χ3v) is 2.58. The molecule has 0 spiro atoms. The first kappa shape index (κ1) is 9.01. The molecule has 1 saturated heterocycles. The van der Waals surface area contributed by atoms with Gasteiger partial charge in [0, 0.05) is 13.1 Å². The number of nitrogens with zero attached hydrogens (tertiary/aromatic N) is 2. The van der Waals surface area contributed by atoms with Gasteiger partial charge >= 0.3 is 0 Å². The van der Waals surface area contributed by atoms with Gasteiger partial charge in [0.25, 0.3) is 0 Å². The van der Waals surface area contributed by atoms with Crippen molar-refractivity contribution in [1.82, 2.24) is 9.80 Å². The Kier molecular flexibility index (Phi) is 3.87. The predicted octanol–water partition coefficient (Wildman–Crippen LogP) is 1.03. The molecule has 0 aromatic heterocycles. The summed E-state index contributed by atoms with van der Waals surface area (Å²) in [7, 11) is 0. The molecule has 0 aromatic rings. The van der Waals surface area contributed by atoms with Crippen molar-refractivity contribution >= 4 is 0 Å². The van der Waals surface area contributed by atoms with E-state index in [0.717, 1.165) is 0 Å². The summed E-state index contributed by atoms with van der Waals surface area (Å²) in [5, 5.41) is 0. The standard InChI is InChI=1S/C9H20N2/c1-3-10-6-5-7-11(4-2)9-8-10/h3-9H2,1-2H3. The number of hydrogen-bond donors (Lipinski definition) is 0. The Morgan fingerprint density at radius 3 is 1.64 bits per heavy atom. The summed E-state index contributed by atoms with van der Waals surface area (Å²) in [6.07, 6.45) is 1.35. The molecule has 0 radical (unpaired) electrons. The van der Waals surface area contributed by atoms with Gasteiger partial charge in [0.05, 0.1) is 0 Å². The molecule has 0 saturated carbocycles. The van der Waals surface area contributed by atoms with Gasteiger partial charge in [-0.1, -0.05) is 13.8 Å². The molecule has 0 amide bonds. The largest absolute Gasteiger partial charge is 0.302 e. The molecule has 1 aliphatic rings. The van der Waals surface area contributed by atoms with E-state index in [1.54, 1.807) is 0 Å². The smallest absolute Gasteiger partial charge is 0.0109 e. The first-order chi connectivity index (χ1) is 5.36. The average Bonchev–Trinajstić information content (AvgIpc) is 2.28. The zero-order valence-electron chi connectivity index (χ0n) is 7.84. The van der Waals surface area contributed by atoms with Crippen molar-refractivity contribution in [2.45, 2.75) is 20.3 Å². The van der Waals surface area contributed by atoms with Crippen LogP contribution in [0.4, 0.5) is 0 Å². The van der Waals surface area contributed by atoms with Crippen molar-refractivity contribution in [1.29, 1.82) is 0 Å². The molecule has 0 aromatic carbocycles. The molecule has 0 unspecified atom stereocenters. The molecule has 1 rings (SSSR count). The lowest BCUT2D eigenvalue weighted by molar-refractivity contribution is 0.271. The third-order valence-electron chi connectivity index (χ3n) is 2.58. The average molecular weight is 156 g/mol. The summed E-state index contributed by atoms with van der Waals surface area (Å²) < 4.78 is 0. The Bertz CT molecular complexity index is 91.7. The fourth-order valence-corrected chi connectivity index (χ4v) is 1.66. The monoisotopic (exact) mass is 156 g/mol. The Morgan fingerprint density at radius 2 is 1.27 bits per heavy atom. The molecule has 1 aliphatic heterocycles. The minimum atomic E-state index is 1.22. The van der Waals surface area contributed by atoms with Crippen LogP contribution in [0.5, 0.6) is 0 Å². The summed E-state index contributed by atoms with van der Waals surface area (Å²) in [6.45, 7) is 12.1. The molecule has 0 atom stereocenters. The molecule has 2 heteroatoms. The van der Waals surface area contributed by atoms with E-state index >= 15 is 0 Å². The van der Waals surface area contributed by atoms with E-state index < -0.39 is 0 Å². The van der Waals surface area contributed by atoms with E-state index in [1.807, 2.05) is 0 Å². The van der Waals surface area contributed by atoms with Crippen LogP contribution in [-0.2, 0) is 0 Å².